The van der Waals surface area contributed by atoms with Gasteiger partial charge in [-0.05, 0) is 20.8 Å². The molecule has 0 bridgehead atoms. The van der Waals surface area contributed by atoms with Crippen molar-refractivity contribution in [2.75, 3.05) is 26.0 Å². The van der Waals surface area contributed by atoms with Crippen LogP contribution in [-0.4, -0.2) is 32.0 Å². The van der Waals surface area contributed by atoms with E-state index in [0.29, 0.717) is 31.6 Å². The van der Waals surface area contributed by atoms with E-state index < -0.39 is 8.38 Å². The van der Waals surface area contributed by atoms with Gasteiger partial charge in [-0.25, -0.2) is 4.79 Å². The Hall–Kier alpha value is -0.440. The second-order valence-electron chi connectivity index (χ2n) is 2.81. The van der Waals surface area contributed by atoms with Crippen molar-refractivity contribution in [2.24, 2.45) is 0 Å². The van der Waals surface area contributed by atoms with Crippen LogP contribution < -0.4 is 0 Å². The van der Waals surface area contributed by atoms with Crippen molar-refractivity contribution in [1.82, 2.24) is 0 Å². The van der Waals surface area contributed by atoms with Gasteiger partial charge in [0, 0.05) is 5.57 Å². The van der Waals surface area contributed by atoms with E-state index in [2.05, 4.69) is 6.58 Å². The van der Waals surface area contributed by atoms with Crippen LogP contribution in [0.5, 0.6) is 0 Å². The zero-order valence-electron chi connectivity index (χ0n) is 9.62. The zero-order chi connectivity index (χ0) is 11.7. The van der Waals surface area contributed by atoms with E-state index in [9.17, 15) is 4.79 Å². The average molecular weight is 234 g/mol. The maximum absolute atomic E-state index is 11.0. The highest BCUT2D eigenvalue weighted by atomic mass is 31.2. The van der Waals surface area contributed by atoms with Crippen LogP contribution in [0.1, 0.15) is 20.8 Å². The summed E-state index contributed by atoms with van der Waals surface area (Å²) in [5, 5.41) is 0. The SMILES string of the molecule is C=C(C)C(=O)OCCP(OCC)OCC. The van der Waals surface area contributed by atoms with Crippen molar-refractivity contribution < 1.29 is 18.6 Å². The number of ether oxygens (including phenoxy) is 1. The molecular formula is C10H19O4P. The number of esters is 1. The van der Waals surface area contributed by atoms with Crippen LogP contribution in [0.2, 0.25) is 0 Å². The minimum atomic E-state index is -0.918. The molecule has 0 fully saturated rings. The van der Waals surface area contributed by atoms with Gasteiger partial charge in [-0.15, -0.1) is 0 Å². The molecule has 0 aromatic heterocycles. The van der Waals surface area contributed by atoms with E-state index in [4.69, 9.17) is 13.8 Å². The summed E-state index contributed by atoms with van der Waals surface area (Å²) >= 11 is 0. The minimum Gasteiger partial charge on any atom is -0.462 e. The predicted molar refractivity (Wildman–Crippen MR) is 60.8 cm³/mol. The van der Waals surface area contributed by atoms with Gasteiger partial charge >= 0.3 is 5.97 Å². The Morgan fingerprint density at radius 1 is 1.27 bits per heavy atom. The molecule has 15 heavy (non-hydrogen) atoms. The highest BCUT2D eigenvalue weighted by molar-refractivity contribution is 7.47. The van der Waals surface area contributed by atoms with E-state index >= 15 is 0 Å². The van der Waals surface area contributed by atoms with Gasteiger partial charge in [0.25, 0.3) is 0 Å². The van der Waals surface area contributed by atoms with Crippen molar-refractivity contribution in [3.05, 3.63) is 12.2 Å². The van der Waals surface area contributed by atoms with Crippen LogP contribution in [0.3, 0.4) is 0 Å². The molecule has 0 radical (unpaired) electrons. The van der Waals surface area contributed by atoms with Gasteiger partial charge in [-0.3, -0.25) is 0 Å². The lowest BCUT2D eigenvalue weighted by Gasteiger charge is -2.15. The molecule has 4 nitrogen and oxygen atoms in total. The van der Waals surface area contributed by atoms with Gasteiger partial charge in [-0.2, -0.15) is 0 Å². The third-order valence-corrected chi connectivity index (χ3v) is 3.04. The van der Waals surface area contributed by atoms with Crippen LogP contribution in [0.15, 0.2) is 12.2 Å². The number of rotatable bonds is 8. The molecule has 0 spiro atoms. The summed E-state index contributed by atoms with van der Waals surface area (Å²) < 4.78 is 15.7. The Labute approximate surface area is 92.5 Å². The van der Waals surface area contributed by atoms with Crippen LogP contribution in [-0.2, 0) is 18.6 Å². The fourth-order valence-corrected chi connectivity index (χ4v) is 1.94. The molecule has 0 aliphatic heterocycles. The Morgan fingerprint density at radius 2 is 1.80 bits per heavy atom. The predicted octanol–water partition coefficient (Wildman–Crippen LogP) is 2.49. The molecule has 0 heterocycles. The molecule has 0 rings (SSSR count). The Balaban J connectivity index is 3.69. The molecule has 0 amide bonds. The molecule has 0 aliphatic rings. The van der Waals surface area contributed by atoms with E-state index in [1.54, 1.807) is 6.92 Å². The molecule has 0 aromatic carbocycles. The topological polar surface area (TPSA) is 44.8 Å². The smallest absolute Gasteiger partial charge is 0.333 e. The van der Waals surface area contributed by atoms with Gasteiger partial charge in [0.05, 0.1) is 26.0 Å². The van der Waals surface area contributed by atoms with Crippen molar-refractivity contribution in [2.45, 2.75) is 20.8 Å². The lowest BCUT2D eigenvalue weighted by molar-refractivity contribution is -0.138. The van der Waals surface area contributed by atoms with Gasteiger partial charge in [0.15, 0.2) is 8.38 Å². The standard InChI is InChI=1S/C10H19O4P/c1-5-13-15(14-6-2)8-7-12-10(11)9(3)4/h3,5-8H2,1-2,4H3. The third-order valence-electron chi connectivity index (χ3n) is 1.40. The first kappa shape index (κ1) is 14.6. The first-order valence-corrected chi connectivity index (χ1v) is 6.34. The minimum absolute atomic E-state index is 0.317. The summed E-state index contributed by atoms with van der Waals surface area (Å²) in [4.78, 5) is 11.0. The summed E-state index contributed by atoms with van der Waals surface area (Å²) in [7, 11) is -0.918. The number of hydrogen-bond acceptors (Lipinski definition) is 4. The quantitative estimate of drug-likeness (QED) is 0.367. The average Bonchev–Trinajstić information content (AvgIpc) is 2.18. The van der Waals surface area contributed by atoms with Crippen LogP contribution in [0.4, 0.5) is 0 Å². The highest BCUT2D eigenvalue weighted by Crippen LogP contribution is 2.37. The second kappa shape index (κ2) is 8.84. The maximum atomic E-state index is 11.0. The molecular weight excluding hydrogens is 215 g/mol. The lowest BCUT2D eigenvalue weighted by atomic mass is 10.4. The number of hydrogen-bond donors (Lipinski definition) is 0. The van der Waals surface area contributed by atoms with Gasteiger partial charge in [0.2, 0.25) is 0 Å². The van der Waals surface area contributed by atoms with Crippen molar-refractivity contribution in [3.63, 3.8) is 0 Å². The summed E-state index contributed by atoms with van der Waals surface area (Å²) in [6.07, 6.45) is 0.607. The molecule has 0 aromatic rings. The van der Waals surface area contributed by atoms with Crippen molar-refractivity contribution in [1.29, 1.82) is 0 Å². The van der Waals surface area contributed by atoms with Gasteiger partial charge in [0.1, 0.15) is 0 Å². The van der Waals surface area contributed by atoms with E-state index in [1.165, 1.54) is 0 Å². The monoisotopic (exact) mass is 234 g/mol. The van der Waals surface area contributed by atoms with E-state index in [0.717, 1.165) is 0 Å². The first-order chi connectivity index (χ1) is 7.11. The van der Waals surface area contributed by atoms with E-state index in [-0.39, 0.29) is 5.97 Å². The van der Waals surface area contributed by atoms with Crippen LogP contribution in [0.25, 0.3) is 0 Å². The fourth-order valence-electron chi connectivity index (χ4n) is 0.790. The molecule has 88 valence electrons. The Morgan fingerprint density at radius 3 is 2.20 bits per heavy atom. The Kier molecular flexibility index (Phi) is 8.58. The molecule has 5 heteroatoms. The van der Waals surface area contributed by atoms with Crippen molar-refractivity contribution >= 4 is 14.3 Å². The largest absolute Gasteiger partial charge is 0.462 e. The number of carbonyl (C=O) groups is 1. The van der Waals surface area contributed by atoms with Crippen molar-refractivity contribution in [3.8, 4) is 0 Å². The zero-order valence-corrected chi connectivity index (χ0v) is 10.5. The van der Waals surface area contributed by atoms with E-state index in [1.807, 2.05) is 13.8 Å². The molecule has 0 unspecified atom stereocenters. The normalized spacial score (nSPS) is 10.4. The fraction of sp³-hybridized carbons (Fsp3) is 0.700. The lowest BCUT2D eigenvalue weighted by Crippen LogP contribution is -2.09. The third kappa shape index (κ3) is 7.48. The molecule has 0 aliphatic carbocycles. The summed E-state index contributed by atoms with van der Waals surface area (Å²) in [6, 6.07) is 0. The van der Waals surface area contributed by atoms with Gasteiger partial charge in [-0.1, -0.05) is 6.58 Å². The first-order valence-electron chi connectivity index (χ1n) is 4.97. The molecule has 0 saturated heterocycles. The summed E-state index contributed by atoms with van der Waals surface area (Å²) in [5.41, 5.74) is 0.409. The highest BCUT2D eigenvalue weighted by Gasteiger charge is 2.10. The van der Waals surface area contributed by atoms with Gasteiger partial charge < -0.3 is 13.8 Å². The van der Waals surface area contributed by atoms with Crippen LogP contribution in [0, 0.1) is 0 Å². The molecule has 0 saturated carbocycles. The summed E-state index contributed by atoms with van der Waals surface area (Å²) in [6.45, 7) is 10.5. The second-order valence-corrected chi connectivity index (χ2v) is 4.44. The number of carbonyl (C=O) groups excluding carboxylic acids is 1. The maximum Gasteiger partial charge on any atom is 0.333 e. The van der Waals surface area contributed by atoms with Crippen LogP contribution >= 0.6 is 8.38 Å². The Bertz CT molecular complexity index is 200. The molecule has 0 N–H and O–H groups in total. The summed E-state index contributed by atoms with van der Waals surface area (Å²) in [5.74, 6) is -0.363. The molecule has 0 atom stereocenters.